The lowest BCUT2D eigenvalue weighted by Gasteiger charge is -2.28. The summed E-state index contributed by atoms with van der Waals surface area (Å²) >= 11 is 0. The Kier molecular flexibility index (Phi) is 9.78. The number of hydrogen-bond acceptors (Lipinski definition) is 1. The quantitative estimate of drug-likeness (QED) is 0.166. The zero-order valence-corrected chi connectivity index (χ0v) is 19.9. The summed E-state index contributed by atoms with van der Waals surface area (Å²) in [6, 6.07) is 6.81. The van der Waals surface area contributed by atoms with Gasteiger partial charge in [0.25, 0.3) is 0 Å². The molecular weight excluding hydrogens is 447 g/mol. The van der Waals surface area contributed by atoms with Crippen LogP contribution >= 0.6 is 0 Å². The Morgan fingerprint density at radius 2 is 1.35 bits per heavy atom. The number of aryl methyl sites for hydroxylation is 1. The molecule has 0 atom stereocenters. The lowest BCUT2D eigenvalue weighted by Crippen LogP contribution is -2.22. The minimum atomic E-state index is -3.99. The highest BCUT2D eigenvalue weighted by atomic mass is 19.3. The topological polar surface area (TPSA) is 9.23 Å². The van der Waals surface area contributed by atoms with Crippen molar-refractivity contribution in [3.05, 3.63) is 65.0 Å². The van der Waals surface area contributed by atoms with Gasteiger partial charge in [-0.15, -0.1) is 0 Å². The average molecular weight is 483 g/mol. The SMILES string of the molecule is CCCCCCCC1CCC(CCc2ccc(OC(F)(F)c3cc(F)c(F)c(F)c3)cc2)CC1. The van der Waals surface area contributed by atoms with E-state index in [1.54, 1.807) is 12.1 Å². The Morgan fingerprint density at radius 3 is 1.94 bits per heavy atom. The molecule has 0 radical (unpaired) electrons. The molecule has 0 aromatic heterocycles. The summed E-state index contributed by atoms with van der Waals surface area (Å²) in [6.07, 6.45) is 11.2. The predicted molar refractivity (Wildman–Crippen MR) is 124 cm³/mol. The molecule has 6 heteroatoms. The van der Waals surface area contributed by atoms with Gasteiger partial charge in [-0.25, -0.2) is 13.2 Å². The van der Waals surface area contributed by atoms with Gasteiger partial charge in [-0.3, -0.25) is 0 Å². The van der Waals surface area contributed by atoms with Crippen molar-refractivity contribution in [2.24, 2.45) is 11.8 Å². The van der Waals surface area contributed by atoms with Gasteiger partial charge < -0.3 is 4.74 Å². The van der Waals surface area contributed by atoms with Gasteiger partial charge in [-0.1, -0.05) is 83.3 Å². The fourth-order valence-corrected chi connectivity index (χ4v) is 4.87. The first-order valence-electron chi connectivity index (χ1n) is 12.6. The van der Waals surface area contributed by atoms with E-state index in [4.69, 9.17) is 0 Å². The van der Waals surface area contributed by atoms with Crippen LogP contribution in [0.25, 0.3) is 0 Å². The van der Waals surface area contributed by atoms with Gasteiger partial charge in [0.2, 0.25) is 0 Å². The number of halogens is 5. The van der Waals surface area contributed by atoms with Crippen molar-refractivity contribution >= 4 is 0 Å². The van der Waals surface area contributed by atoms with Crippen LogP contribution in [0, 0.1) is 29.3 Å². The monoisotopic (exact) mass is 482 g/mol. The Balaban J connectivity index is 1.42. The smallest absolute Gasteiger partial charge is 0.426 e. The van der Waals surface area contributed by atoms with Crippen LogP contribution < -0.4 is 4.74 Å². The second-order valence-electron chi connectivity index (χ2n) is 9.64. The summed E-state index contributed by atoms with van der Waals surface area (Å²) in [5.74, 6) is -3.71. The molecule has 0 spiro atoms. The van der Waals surface area contributed by atoms with Gasteiger partial charge in [-0.2, -0.15) is 8.78 Å². The van der Waals surface area contributed by atoms with Crippen molar-refractivity contribution in [2.75, 3.05) is 0 Å². The van der Waals surface area contributed by atoms with E-state index >= 15 is 0 Å². The van der Waals surface area contributed by atoms with E-state index in [-0.39, 0.29) is 17.9 Å². The van der Waals surface area contributed by atoms with E-state index in [0.717, 1.165) is 24.3 Å². The summed E-state index contributed by atoms with van der Waals surface area (Å²) in [6.45, 7) is 2.24. The van der Waals surface area contributed by atoms with Crippen molar-refractivity contribution in [3.63, 3.8) is 0 Å². The van der Waals surface area contributed by atoms with Gasteiger partial charge in [0.15, 0.2) is 17.5 Å². The molecule has 0 saturated heterocycles. The highest BCUT2D eigenvalue weighted by Gasteiger charge is 2.36. The minimum Gasteiger partial charge on any atom is -0.429 e. The first-order chi connectivity index (χ1) is 16.3. The Morgan fingerprint density at radius 1 is 0.794 bits per heavy atom. The highest BCUT2D eigenvalue weighted by Crippen LogP contribution is 2.35. The largest absolute Gasteiger partial charge is 0.429 e. The lowest BCUT2D eigenvalue weighted by atomic mass is 9.78. The van der Waals surface area contributed by atoms with Crippen molar-refractivity contribution in [2.45, 2.75) is 90.1 Å². The fourth-order valence-electron chi connectivity index (χ4n) is 4.87. The van der Waals surface area contributed by atoms with E-state index in [1.165, 1.54) is 76.3 Å². The standard InChI is InChI=1S/C28H35F5O/c1-2-3-4-5-6-7-20-8-10-21(11-9-20)12-13-22-14-16-24(17-15-22)34-28(32,33)23-18-25(29)27(31)26(30)19-23/h14-21H,2-13H2,1H3. The zero-order valence-electron chi connectivity index (χ0n) is 19.9. The van der Waals surface area contributed by atoms with E-state index in [0.29, 0.717) is 5.92 Å². The number of hydrogen-bond donors (Lipinski definition) is 0. The van der Waals surface area contributed by atoms with Crippen LogP contribution in [0.15, 0.2) is 36.4 Å². The third-order valence-electron chi connectivity index (χ3n) is 7.01. The van der Waals surface area contributed by atoms with Gasteiger partial charge in [0, 0.05) is 0 Å². The molecule has 0 unspecified atom stereocenters. The number of rotatable bonds is 12. The molecule has 2 aromatic carbocycles. The third kappa shape index (κ3) is 7.71. The van der Waals surface area contributed by atoms with Crippen LogP contribution in [0.2, 0.25) is 0 Å². The molecule has 1 saturated carbocycles. The lowest BCUT2D eigenvalue weighted by molar-refractivity contribution is -0.185. The molecular formula is C28H35F5O. The molecule has 0 amide bonds. The molecule has 1 nitrogen and oxygen atoms in total. The maximum atomic E-state index is 14.3. The molecule has 0 N–H and O–H groups in total. The fraction of sp³-hybridized carbons (Fsp3) is 0.571. The van der Waals surface area contributed by atoms with Crippen molar-refractivity contribution in [3.8, 4) is 5.75 Å². The minimum absolute atomic E-state index is 0.127. The molecule has 1 aliphatic rings. The Hall–Kier alpha value is -2.11. The van der Waals surface area contributed by atoms with Crippen LogP contribution in [-0.4, -0.2) is 0 Å². The molecule has 1 fully saturated rings. The van der Waals surface area contributed by atoms with Gasteiger partial charge in [0.05, 0.1) is 5.56 Å². The first kappa shape index (κ1) is 26.5. The summed E-state index contributed by atoms with van der Waals surface area (Å²) in [5, 5.41) is 0. The number of alkyl halides is 2. The Labute approximate surface area is 199 Å². The Bertz CT molecular complexity index is 865. The van der Waals surface area contributed by atoms with Crippen LogP contribution in [0.1, 0.15) is 88.7 Å². The van der Waals surface area contributed by atoms with Crippen LogP contribution in [-0.2, 0) is 12.5 Å². The molecule has 0 aliphatic heterocycles. The molecule has 188 valence electrons. The maximum absolute atomic E-state index is 14.3. The summed E-state index contributed by atoms with van der Waals surface area (Å²) in [4.78, 5) is 0. The van der Waals surface area contributed by atoms with E-state index in [9.17, 15) is 22.0 Å². The normalized spacial score (nSPS) is 18.8. The van der Waals surface area contributed by atoms with Crippen molar-refractivity contribution < 1.29 is 26.7 Å². The van der Waals surface area contributed by atoms with E-state index in [1.807, 2.05) is 0 Å². The van der Waals surface area contributed by atoms with Gasteiger partial charge in [-0.05, 0) is 54.5 Å². The van der Waals surface area contributed by atoms with Crippen molar-refractivity contribution in [1.29, 1.82) is 0 Å². The second-order valence-corrected chi connectivity index (χ2v) is 9.64. The van der Waals surface area contributed by atoms with Crippen LogP contribution in [0.3, 0.4) is 0 Å². The van der Waals surface area contributed by atoms with Crippen molar-refractivity contribution in [1.82, 2.24) is 0 Å². The maximum Gasteiger partial charge on any atom is 0.426 e. The van der Waals surface area contributed by atoms with E-state index in [2.05, 4.69) is 11.7 Å². The molecule has 34 heavy (non-hydrogen) atoms. The summed E-state index contributed by atoms with van der Waals surface area (Å²) < 4.78 is 73.0. The number of ether oxygens (including phenoxy) is 1. The van der Waals surface area contributed by atoms with Crippen LogP contribution in [0.4, 0.5) is 22.0 Å². The molecule has 1 aliphatic carbocycles. The molecule has 0 bridgehead atoms. The average Bonchev–Trinajstić information content (AvgIpc) is 2.82. The zero-order chi connectivity index (χ0) is 24.6. The number of benzene rings is 2. The summed E-state index contributed by atoms with van der Waals surface area (Å²) in [7, 11) is 0. The molecule has 0 heterocycles. The van der Waals surface area contributed by atoms with Crippen LogP contribution in [0.5, 0.6) is 5.75 Å². The highest BCUT2D eigenvalue weighted by molar-refractivity contribution is 5.29. The van der Waals surface area contributed by atoms with E-state index < -0.39 is 29.1 Å². The molecule has 3 rings (SSSR count). The second kappa shape index (κ2) is 12.6. The van der Waals surface area contributed by atoms with Gasteiger partial charge >= 0.3 is 6.11 Å². The third-order valence-corrected chi connectivity index (χ3v) is 7.01. The first-order valence-corrected chi connectivity index (χ1v) is 12.6. The number of unbranched alkanes of at least 4 members (excludes halogenated alkanes) is 4. The predicted octanol–water partition coefficient (Wildman–Crippen LogP) is 9.33. The van der Waals surface area contributed by atoms with Gasteiger partial charge in [0.1, 0.15) is 5.75 Å². The molecule has 2 aromatic rings. The summed E-state index contributed by atoms with van der Waals surface area (Å²) in [5.41, 5.74) is -0.0443.